The van der Waals surface area contributed by atoms with Crippen molar-refractivity contribution in [3.8, 4) is 0 Å². The van der Waals surface area contributed by atoms with Gasteiger partial charge in [-0.15, -0.1) is 0 Å². The van der Waals surface area contributed by atoms with E-state index < -0.39 is 0 Å². The van der Waals surface area contributed by atoms with Gasteiger partial charge >= 0.3 is 0 Å². The second-order valence-corrected chi connectivity index (χ2v) is 6.73. The maximum atomic E-state index is 12.5. The number of benzene rings is 1. The SMILES string of the molecule is CCN(CC)CCCNC(=O)C1CCC(=O)N1Cc1ccc(C)cc1. The predicted octanol–water partition coefficient (Wildman–Crippen LogP) is 2.33. The third-order valence-electron chi connectivity index (χ3n) is 4.95. The van der Waals surface area contributed by atoms with Gasteiger partial charge < -0.3 is 15.1 Å². The van der Waals surface area contributed by atoms with Gasteiger partial charge in [0.05, 0.1) is 0 Å². The lowest BCUT2D eigenvalue weighted by Crippen LogP contribution is -2.44. The zero-order chi connectivity index (χ0) is 18.2. The van der Waals surface area contributed by atoms with E-state index in [1.165, 1.54) is 5.56 Å². The molecule has 1 fully saturated rings. The van der Waals surface area contributed by atoms with Gasteiger partial charge in [0.1, 0.15) is 6.04 Å². The lowest BCUT2D eigenvalue weighted by Gasteiger charge is -2.24. The van der Waals surface area contributed by atoms with Crippen LogP contribution in [0.4, 0.5) is 0 Å². The molecule has 5 nitrogen and oxygen atoms in total. The van der Waals surface area contributed by atoms with E-state index in [0.29, 0.717) is 25.9 Å². The summed E-state index contributed by atoms with van der Waals surface area (Å²) in [5.41, 5.74) is 2.26. The van der Waals surface area contributed by atoms with Gasteiger partial charge in [0.15, 0.2) is 0 Å². The molecule has 2 amide bonds. The van der Waals surface area contributed by atoms with Gasteiger partial charge in [0, 0.05) is 19.5 Å². The molecule has 25 heavy (non-hydrogen) atoms. The first-order valence-electron chi connectivity index (χ1n) is 9.40. The number of likely N-dealkylation sites (tertiary alicyclic amines) is 1. The van der Waals surface area contributed by atoms with Crippen LogP contribution in [0, 0.1) is 6.92 Å². The highest BCUT2D eigenvalue weighted by Gasteiger charge is 2.35. The molecule has 1 unspecified atom stereocenters. The van der Waals surface area contributed by atoms with E-state index in [-0.39, 0.29) is 17.9 Å². The summed E-state index contributed by atoms with van der Waals surface area (Å²) in [6, 6.07) is 7.80. The Morgan fingerprint density at radius 1 is 1.24 bits per heavy atom. The molecule has 1 saturated heterocycles. The molecule has 0 bridgehead atoms. The van der Waals surface area contributed by atoms with Crippen LogP contribution in [0.1, 0.15) is 44.2 Å². The van der Waals surface area contributed by atoms with Gasteiger partial charge in [-0.25, -0.2) is 0 Å². The maximum absolute atomic E-state index is 12.5. The fraction of sp³-hybridized carbons (Fsp3) is 0.600. The van der Waals surface area contributed by atoms with Gasteiger partial charge in [-0.3, -0.25) is 9.59 Å². The Morgan fingerprint density at radius 3 is 2.56 bits per heavy atom. The van der Waals surface area contributed by atoms with Crippen molar-refractivity contribution in [3.05, 3.63) is 35.4 Å². The number of hydrogen-bond donors (Lipinski definition) is 1. The fourth-order valence-electron chi connectivity index (χ4n) is 3.27. The third kappa shape index (κ3) is 5.56. The Labute approximate surface area is 151 Å². The lowest BCUT2D eigenvalue weighted by molar-refractivity contribution is -0.135. The number of carbonyl (C=O) groups excluding carboxylic acids is 2. The number of rotatable bonds is 9. The number of carbonyl (C=O) groups is 2. The minimum Gasteiger partial charge on any atom is -0.354 e. The summed E-state index contributed by atoms with van der Waals surface area (Å²) in [7, 11) is 0. The minimum atomic E-state index is -0.331. The normalized spacial score (nSPS) is 17.4. The van der Waals surface area contributed by atoms with Crippen LogP contribution >= 0.6 is 0 Å². The van der Waals surface area contributed by atoms with Gasteiger partial charge in [-0.05, 0) is 45.0 Å². The van der Waals surface area contributed by atoms with Crippen LogP contribution in [0.5, 0.6) is 0 Å². The predicted molar refractivity (Wildman–Crippen MR) is 100 cm³/mol. The van der Waals surface area contributed by atoms with E-state index in [0.717, 1.165) is 31.6 Å². The van der Waals surface area contributed by atoms with E-state index in [2.05, 4.69) is 24.1 Å². The fourth-order valence-corrected chi connectivity index (χ4v) is 3.27. The van der Waals surface area contributed by atoms with Crippen molar-refractivity contribution in [2.24, 2.45) is 0 Å². The average molecular weight is 345 g/mol. The van der Waals surface area contributed by atoms with Crippen LogP contribution in [-0.4, -0.2) is 53.8 Å². The molecule has 1 aromatic rings. The molecule has 1 atom stereocenters. The Bertz CT molecular complexity index is 567. The Balaban J connectivity index is 1.85. The van der Waals surface area contributed by atoms with Gasteiger partial charge in [0.25, 0.3) is 0 Å². The van der Waals surface area contributed by atoms with E-state index >= 15 is 0 Å². The highest BCUT2D eigenvalue weighted by molar-refractivity contribution is 5.90. The van der Waals surface area contributed by atoms with Crippen LogP contribution in [0.3, 0.4) is 0 Å². The molecule has 0 aromatic heterocycles. The van der Waals surface area contributed by atoms with Crippen LogP contribution < -0.4 is 5.32 Å². The number of nitrogens with one attached hydrogen (secondary N) is 1. The summed E-state index contributed by atoms with van der Waals surface area (Å²) in [4.78, 5) is 28.8. The third-order valence-corrected chi connectivity index (χ3v) is 4.95. The largest absolute Gasteiger partial charge is 0.354 e. The molecule has 1 heterocycles. The smallest absolute Gasteiger partial charge is 0.242 e. The number of aryl methyl sites for hydroxylation is 1. The molecule has 138 valence electrons. The quantitative estimate of drug-likeness (QED) is 0.699. The van der Waals surface area contributed by atoms with Crippen LogP contribution in [0.2, 0.25) is 0 Å². The first kappa shape index (κ1) is 19.4. The zero-order valence-corrected chi connectivity index (χ0v) is 15.8. The molecule has 1 N–H and O–H groups in total. The van der Waals surface area contributed by atoms with E-state index in [4.69, 9.17) is 0 Å². The van der Waals surface area contributed by atoms with Crippen molar-refractivity contribution in [2.45, 2.75) is 52.6 Å². The Morgan fingerprint density at radius 2 is 1.92 bits per heavy atom. The first-order valence-corrected chi connectivity index (χ1v) is 9.40. The molecular weight excluding hydrogens is 314 g/mol. The van der Waals surface area contributed by atoms with Crippen molar-refractivity contribution in [1.29, 1.82) is 0 Å². The molecule has 2 rings (SSSR count). The van der Waals surface area contributed by atoms with Crippen molar-refractivity contribution >= 4 is 11.8 Å². The van der Waals surface area contributed by atoms with Crippen LogP contribution in [0.25, 0.3) is 0 Å². The monoisotopic (exact) mass is 345 g/mol. The molecule has 0 saturated carbocycles. The molecular formula is C20H31N3O2. The van der Waals surface area contributed by atoms with E-state index in [1.54, 1.807) is 4.90 Å². The van der Waals surface area contributed by atoms with Crippen LogP contribution in [0.15, 0.2) is 24.3 Å². The van der Waals surface area contributed by atoms with Crippen molar-refractivity contribution < 1.29 is 9.59 Å². The average Bonchev–Trinajstić information content (AvgIpc) is 2.97. The summed E-state index contributed by atoms with van der Waals surface area (Å²) in [6.45, 7) is 10.6. The molecule has 1 aliphatic rings. The second-order valence-electron chi connectivity index (χ2n) is 6.73. The van der Waals surface area contributed by atoms with Crippen molar-refractivity contribution in [2.75, 3.05) is 26.2 Å². The van der Waals surface area contributed by atoms with E-state index in [9.17, 15) is 9.59 Å². The Hall–Kier alpha value is -1.88. The minimum absolute atomic E-state index is 0.0162. The van der Waals surface area contributed by atoms with Crippen molar-refractivity contribution in [3.63, 3.8) is 0 Å². The highest BCUT2D eigenvalue weighted by Crippen LogP contribution is 2.22. The van der Waals surface area contributed by atoms with Crippen LogP contribution in [-0.2, 0) is 16.1 Å². The molecule has 0 spiro atoms. The first-order chi connectivity index (χ1) is 12.0. The van der Waals surface area contributed by atoms with Gasteiger partial charge in [0.2, 0.25) is 11.8 Å². The van der Waals surface area contributed by atoms with E-state index in [1.807, 2.05) is 31.2 Å². The molecule has 0 radical (unpaired) electrons. The molecule has 5 heteroatoms. The lowest BCUT2D eigenvalue weighted by atomic mass is 10.1. The summed E-state index contributed by atoms with van der Waals surface area (Å²) in [5, 5.41) is 3.01. The maximum Gasteiger partial charge on any atom is 0.242 e. The highest BCUT2D eigenvalue weighted by atomic mass is 16.2. The summed E-state index contributed by atoms with van der Waals surface area (Å²) < 4.78 is 0. The second kappa shape index (κ2) is 9.56. The zero-order valence-electron chi connectivity index (χ0n) is 15.8. The summed E-state index contributed by atoms with van der Waals surface area (Å²) >= 11 is 0. The molecule has 1 aliphatic heterocycles. The number of hydrogen-bond acceptors (Lipinski definition) is 3. The van der Waals surface area contributed by atoms with Crippen molar-refractivity contribution in [1.82, 2.24) is 15.1 Å². The standard InChI is InChI=1S/C20H31N3O2/c1-4-22(5-2)14-6-13-21-20(25)18-11-12-19(24)23(18)15-17-9-7-16(3)8-10-17/h7-10,18H,4-6,11-15H2,1-3H3,(H,21,25). The number of amides is 2. The molecule has 1 aromatic carbocycles. The summed E-state index contributed by atoms with van der Waals surface area (Å²) in [6.07, 6.45) is 2.02. The molecule has 0 aliphatic carbocycles. The van der Waals surface area contributed by atoms with Gasteiger partial charge in [-0.1, -0.05) is 43.7 Å². The summed E-state index contributed by atoms with van der Waals surface area (Å²) in [5.74, 6) is 0.0568. The Kier molecular flexibility index (Phi) is 7.44. The topological polar surface area (TPSA) is 52.7 Å². The number of nitrogens with zero attached hydrogens (tertiary/aromatic N) is 2. The van der Waals surface area contributed by atoms with Gasteiger partial charge in [-0.2, -0.15) is 0 Å².